The van der Waals surface area contributed by atoms with Gasteiger partial charge in [0.25, 0.3) is 0 Å². The number of rotatable bonds is 7. The van der Waals surface area contributed by atoms with E-state index in [2.05, 4.69) is 16.0 Å². The molecular formula is C27H34BClN4O4. The fourth-order valence-electron chi connectivity index (χ4n) is 3.81. The highest BCUT2D eigenvalue weighted by atomic mass is 35.5. The Morgan fingerprint density at radius 1 is 1.00 bits per heavy atom. The average Bonchev–Trinajstić information content (AvgIpc) is 3.01. The maximum Gasteiger partial charge on any atom is 0.494 e. The molecule has 0 radical (unpaired) electrons. The number of anilines is 2. The van der Waals surface area contributed by atoms with Crippen LogP contribution in [0, 0.1) is 17.7 Å². The SMILES string of the molecule is Cc1ccc(N/C(=C\C(=N)C2(C)COC2)NC(=O)Nc2ccc(B3OC(C)(C)C(C)(C)O3)cc2Cl)cc1. The van der Waals surface area contributed by atoms with Gasteiger partial charge in [0.2, 0.25) is 0 Å². The lowest BCUT2D eigenvalue weighted by molar-refractivity contribution is -0.0582. The second-order valence-electron chi connectivity index (χ2n) is 10.9. The third kappa shape index (κ3) is 6.01. The van der Waals surface area contributed by atoms with Crippen LogP contribution in [0.25, 0.3) is 0 Å². The van der Waals surface area contributed by atoms with E-state index < -0.39 is 24.4 Å². The van der Waals surface area contributed by atoms with E-state index >= 15 is 0 Å². The van der Waals surface area contributed by atoms with Gasteiger partial charge in [-0.3, -0.25) is 5.32 Å². The Kier molecular flexibility index (Phi) is 7.45. The Bertz CT molecular complexity index is 1210. The van der Waals surface area contributed by atoms with Crippen molar-refractivity contribution in [2.24, 2.45) is 5.41 Å². The van der Waals surface area contributed by atoms with Crippen molar-refractivity contribution in [1.82, 2.24) is 5.32 Å². The van der Waals surface area contributed by atoms with E-state index in [-0.39, 0.29) is 5.41 Å². The lowest BCUT2D eigenvalue weighted by Gasteiger charge is -2.37. The second kappa shape index (κ2) is 10.1. The highest BCUT2D eigenvalue weighted by molar-refractivity contribution is 6.62. The summed E-state index contributed by atoms with van der Waals surface area (Å²) in [6, 6.07) is 12.5. The van der Waals surface area contributed by atoms with Gasteiger partial charge in [-0.1, -0.05) is 35.4 Å². The Morgan fingerprint density at radius 3 is 2.16 bits per heavy atom. The van der Waals surface area contributed by atoms with Crippen LogP contribution in [0.1, 0.15) is 40.2 Å². The molecular weight excluding hydrogens is 491 g/mol. The van der Waals surface area contributed by atoms with Crippen molar-refractivity contribution in [3.63, 3.8) is 0 Å². The summed E-state index contributed by atoms with van der Waals surface area (Å²) in [5.41, 5.74) is 2.14. The topological polar surface area (TPSA) is 105 Å². The summed E-state index contributed by atoms with van der Waals surface area (Å²) in [6.07, 6.45) is 1.62. The zero-order valence-corrected chi connectivity index (χ0v) is 22.9. The Balaban J connectivity index is 1.47. The summed E-state index contributed by atoms with van der Waals surface area (Å²) in [6.45, 7) is 12.9. The number of carbonyl (C=O) groups is 1. The highest BCUT2D eigenvalue weighted by Crippen LogP contribution is 2.37. The standard InChI is InChI=1S/C27H34BClN4O4/c1-17-7-10-19(11-8-17)31-23(14-22(30)27(6)15-35-16-27)33-24(34)32-21-12-9-18(13-20(21)29)28-36-25(2,3)26(4,5)37-28/h7-14,30-31H,15-16H2,1-6H3,(H2,32,33,34)/b23-14+,30-22?. The quantitative estimate of drug-likeness (QED) is 0.299. The molecule has 196 valence electrons. The van der Waals surface area contributed by atoms with Crippen LogP contribution in [0.4, 0.5) is 16.2 Å². The van der Waals surface area contributed by atoms with E-state index in [1.165, 1.54) is 0 Å². The second-order valence-corrected chi connectivity index (χ2v) is 11.3. The van der Waals surface area contributed by atoms with E-state index in [9.17, 15) is 4.79 Å². The molecule has 4 N–H and O–H groups in total. The smallest absolute Gasteiger partial charge is 0.399 e. The minimum absolute atomic E-state index is 0.353. The van der Waals surface area contributed by atoms with Crippen LogP contribution in [-0.2, 0) is 14.0 Å². The van der Waals surface area contributed by atoms with Gasteiger partial charge < -0.3 is 30.1 Å². The van der Waals surface area contributed by atoms with Crippen LogP contribution in [0.2, 0.25) is 5.02 Å². The van der Waals surface area contributed by atoms with Gasteiger partial charge >= 0.3 is 13.1 Å². The molecule has 0 saturated carbocycles. The van der Waals surface area contributed by atoms with E-state index in [1.807, 2.05) is 71.9 Å². The number of hydrogen-bond acceptors (Lipinski definition) is 6. The van der Waals surface area contributed by atoms with Gasteiger partial charge in [-0.25, -0.2) is 4.79 Å². The number of nitrogens with one attached hydrogen (secondary N) is 4. The first-order valence-electron chi connectivity index (χ1n) is 12.2. The molecule has 0 bridgehead atoms. The molecule has 0 aromatic heterocycles. The van der Waals surface area contributed by atoms with Crippen molar-refractivity contribution in [3.8, 4) is 0 Å². The van der Waals surface area contributed by atoms with Gasteiger partial charge in [-0.15, -0.1) is 0 Å². The maximum absolute atomic E-state index is 12.9. The number of benzene rings is 2. The van der Waals surface area contributed by atoms with Gasteiger partial charge in [-0.05, 0) is 71.3 Å². The van der Waals surface area contributed by atoms with Crippen LogP contribution >= 0.6 is 11.6 Å². The van der Waals surface area contributed by atoms with Gasteiger partial charge in [0.1, 0.15) is 5.82 Å². The molecule has 2 heterocycles. The number of urea groups is 1. The van der Waals surface area contributed by atoms with Crippen LogP contribution in [0.3, 0.4) is 0 Å². The van der Waals surface area contributed by atoms with E-state index in [1.54, 1.807) is 18.2 Å². The van der Waals surface area contributed by atoms with Crippen molar-refractivity contribution in [2.45, 2.75) is 52.7 Å². The molecule has 2 saturated heterocycles. The number of amides is 2. The molecule has 37 heavy (non-hydrogen) atoms. The molecule has 0 unspecified atom stereocenters. The van der Waals surface area contributed by atoms with Crippen molar-refractivity contribution in [3.05, 3.63) is 64.9 Å². The first-order chi connectivity index (χ1) is 17.3. The summed E-state index contributed by atoms with van der Waals surface area (Å²) in [7, 11) is -0.554. The van der Waals surface area contributed by atoms with Gasteiger partial charge in [0, 0.05) is 17.5 Å². The third-order valence-corrected chi connectivity index (χ3v) is 7.44. The monoisotopic (exact) mass is 524 g/mol. The molecule has 0 atom stereocenters. The number of allylic oxidation sites excluding steroid dienone is 1. The minimum atomic E-state index is -0.554. The maximum atomic E-state index is 12.9. The molecule has 2 aliphatic heterocycles. The number of aryl methyl sites for hydroxylation is 1. The summed E-state index contributed by atoms with van der Waals surface area (Å²) in [5, 5.41) is 17.7. The first-order valence-corrected chi connectivity index (χ1v) is 12.6. The van der Waals surface area contributed by atoms with Gasteiger partial charge in [0.15, 0.2) is 0 Å². The predicted octanol–water partition coefficient (Wildman–Crippen LogP) is 5.08. The summed E-state index contributed by atoms with van der Waals surface area (Å²) in [5.74, 6) is 0.365. The average molecular weight is 525 g/mol. The summed E-state index contributed by atoms with van der Waals surface area (Å²) >= 11 is 6.51. The number of hydrogen-bond donors (Lipinski definition) is 4. The molecule has 0 aliphatic carbocycles. The Morgan fingerprint density at radius 2 is 1.62 bits per heavy atom. The van der Waals surface area contributed by atoms with Crippen molar-refractivity contribution in [1.29, 1.82) is 5.41 Å². The van der Waals surface area contributed by atoms with Crippen LogP contribution < -0.4 is 21.4 Å². The van der Waals surface area contributed by atoms with E-state index in [0.29, 0.717) is 35.5 Å². The largest absolute Gasteiger partial charge is 0.494 e. The Labute approximate surface area is 223 Å². The molecule has 8 nitrogen and oxygen atoms in total. The van der Waals surface area contributed by atoms with Gasteiger partial charge in [-0.2, -0.15) is 0 Å². The third-order valence-electron chi connectivity index (χ3n) is 7.13. The van der Waals surface area contributed by atoms with Crippen molar-refractivity contribution in [2.75, 3.05) is 23.8 Å². The number of ether oxygens (including phenoxy) is 1. The van der Waals surface area contributed by atoms with E-state index in [0.717, 1.165) is 16.7 Å². The zero-order valence-electron chi connectivity index (χ0n) is 22.1. The molecule has 0 spiro atoms. The van der Waals surface area contributed by atoms with Gasteiger partial charge in [0.05, 0.1) is 40.5 Å². The fourth-order valence-corrected chi connectivity index (χ4v) is 4.05. The molecule has 2 fully saturated rings. The summed E-state index contributed by atoms with van der Waals surface area (Å²) < 4.78 is 17.5. The summed E-state index contributed by atoms with van der Waals surface area (Å²) in [4.78, 5) is 12.9. The molecule has 2 aliphatic rings. The molecule has 2 aromatic carbocycles. The van der Waals surface area contributed by atoms with E-state index in [4.69, 9.17) is 31.1 Å². The highest BCUT2D eigenvalue weighted by Gasteiger charge is 2.51. The molecule has 4 rings (SSSR count). The van der Waals surface area contributed by atoms with Crippen LogP contribution in [0.15, 0.2) is 54.4 Å². The molecule has 2 aromatic rings. The van der Waals surface area contributed by atoms with Crippen molar-refractivity contribution < 1.29 is 18.8 Å². The molecule has 2 amide bonds. The van der Waals surface area contributed by atoms with Crippen molar-refractivity contribution >= 4 is 47.3 Å². The van der Waals surface area contributed by atoms with Crippen LogP contribution in [-0.4, -0.2) is 43.3 Å². The number of carbonyl (C=O) groups excluding carboxylic acids is 1. The van der Waals surface area contributed by atoms with Crippen LogP contribution in [0.5, 0.6) is 0 Å². The Hall–Kier alpha value is -2.85. The predicted molar refractivity (Wildman–Crippen MR) is 149 cm³/mol. The lowest BCUT2D eigenvalue weighted by Crippen LogP contribution is -2.46. The normalized spacial score (nSPS) is 19.6. The fraction of sp³-hybridized carbons (Fsp3) is 0.407. The molecule has 10 heteroatoms. The first kappa shape index (κ1) is 27.2. The lowest BCUT2D eigenvalue weighted by atomic mass is 9.79. The zero-order chi connectivity index (χ0) is 27.0. The number of halogens is 1. The minimum Gasteiger partial charge on any atom is -0.399 e.